The van der Waals surface area contributed by atoms with Gasteiger partial charge >= 0.3 is 10.8 Å². The lowest BCUT2D eigenvalue weighted by atomic mass is 10.1. The number of carbonyl (C=O) groups is 1. The molecule has 4 rings (SSSR count). The summed E-state index contributed by atoms with van der Waals surface area (Å²) in [6.45, 7) is 0.851. The summed E-state index contributed by atoms with van der Waals surface area (Å²) in [6.07, 6.45) is 1.45. The Morgan fingerprint density at radius 1 is 0.935 bits per heavy atom. The highest BCUT2D eigenvalue weighted by atomic mass is 32.1. The zero-order valence-corrected chi connectivity index (χ0v) is 17.8. The Hall–Kier alpha value is -3.38. The summed E-state index contributed by atoms with van der Waals surface area (Å²) in [5.41, 5.74) is 4.32. The molecule has 1 heterocycles. The lowest BCUT2D eigenvalue weighted by molar-refractivity contribution is -0.136. The van der Waals surface area contributed by atoms with Gasteiger partial charge in [0.1, 0.15) is 12.4 Å². The van der Waals surface area contributed by atoms with Crippen molar-refractivity contribution in [3.05, 3.63) is 99.2 Å². The standard InChI is InChI=1S/C25H23NO4S/c27-24(28)13-9-18-6-10-21(11-7-18)30-15-14-26-22-12-8-20(17-23(22)31-25(26)29)16-19-4-2-1-3-5-19/h1-8,10-12,17H,9,13-16H2,(H,27,28). The summed E-state index contributed by atoms with van der Waals surface area (Å²) in [4.78, 5) is 23.2. The van der Waals surface area contributed by atoms with Crippen molar-refractivity contribution in [3.63, 3.8) is 0 Å². The second-order valence-corrected chi connectivity index (χ2v) is 8.36. The van der Waals surface area contributed by atoms with Gasteiger partial charge in [0.2, 0.25) is 0 Å². The van der Waals surface area contributed by atoms with Gasteiger partial charge in [-0.1, -0.05) is 59.9 Å². The van der Waals surface area contributed by atoms with E-state index in [1.807, 2.05) is 48.5 Å². The first-order valence-electron chi connectivity index (χ1n) is 10.2. The Morgan fingerprint density at radius 2 is 1.68 bits per heavy atom. The molecule has 0 unspecified atom stereocenters. The van der Waals surface area contributed by atoms with Crippen LogP contribution in [0.4, 0.5) is 0 Å². The number of nitrogens with zero attached hydrogens (tertiary/aromatic N) is 1. The molecule has 0 aliphatic carbocycles. The van der Waals surface area contributed by atoms with Crippen LogP contribution in [0.25, 0.3) is 10.2 Å². The first-order valence-corrected chi connectivity index (χ1v) is 11.0. The largest absolute Gasteiger partial charge is 0.492 e. The quantitative estimate of drug-likeness (QED) is 0.414. The third-order valence-corrected chi connectivity index (χ3v) is 6.06. The van der Waals surface area contributed by atoms with Gasteiger partial charge in [0.25, 0.3) is 0 Å². The Labute approximate surface area is 184 Å². The van der Waals surface area contributed by atoms with Crippen molar-refractivity contribution in [1.29, 1.82) is 0 Å². The molecule has 1 aromatic heterocycles. The highest BCUT2D eigenvalue weighted by molar-refractivity contribution is 7.16. The highest BCUT2D eigenvalue weighted by Crippen LogP contribution is 2.21. The highest BCUT2D eigenvalue weighted by Gasteiger charge is 2.09. The topological polar surface area (TPSA) is 68.5 Å². The molecule has 0 spiro atoms. The van der Waals surface area contributed by atoms with Gasteiger partial charge in [-0.3, -0.25) is 14.2 Å². The number of rotatable bonds is 9. The Kier molecular flexibility index (Phi) is 6.48. The lowest BCUT2D eigenvalue weighted by Crippen LogP contribution is -2.17. The van der Waals surface area contributed by atoms with Crippen LogP contribution in [-0.2, 0) is 24.2 Å². The van der Waals surface area contributed by atoms with Crippen LogP contribution < -0.4 is 9.61 Å². The summed E-state index contributed by atoms with van der Waals surface area (Å²) in [6, 6.07) is 23.9. The number of carboxylic acid groups (broad SMARTS) is 1. The molecule has 6 heteroatoms. The summed E-state index contributed by atoms with van der Waals surface area (Å²) < 4.78 is 8.54. The molecule has 0 fully saturated rings. The Morgan fingerprint density at radius 3 is 2.42 bits per heavy atom. The fraction of sp³-hybridized carbons (Fsp3) is 0.200. The van der Waals surface area contributed by atoms with E-state index in [4.69, 9.17) is 9.84 Å². The van der Waals surface area contributed by atoms with Crippen molar-refractivity contribution < 1.29 is 14.6 Å². The number of aromatic nitrogens is 1. The maximum atomic E-state index is 12.5. The molecular formula is C25H23NO4S. The van der Waals surface area contributed by atoms with Crippen LogP contribution in [-0.4, -0.2) is 22.2 Å². The van der Waals surface area contributed by atoms with Crippen LogP contribution in [0.1, 0.15) is 23.1 Å². The van der Waals surface area contributed by atoms with E-state index in [-0.39, 0.29) is 11.3 Å². The predicted octanol–water partition coefficient (Wildman–Crippen LogP) is 4.75. The molecule has 4 aromatic rings. The molecule has 0 saturated heterocycles. The van der Waals surface area contributed by atoms with E-state index in [1.165, 1.54) is 22.5 Å². The smallest absolute Gasteiger partial charge is 0.308 e. The summed E-state index contributed by atoms with van der Waals surface area (Å²) in [5.74, 6) is -0.0993. The monoisotopic (exact) mass is 433 g/mol. The molecule has 1 N–H and O–H groups in total. The molecule has 158 valence electrons. The zero-order valence-electron chi connectivity index (χ0n) is 17.0. The minimum atomic E-state index is -0.805. The maximum Gasteiger partial charge on any atom is 0.308 e. The van der Waals surface area contributed by atoms with Crippen LogP contribution in [0.2, 0.25) is 0 Å². The number of ether oxygens (including phenoxy) is 1. The van der Waals surface area contributed by atoms with Crippen molar-refractivity contribution >= 4 is 27.5 Å². The number of benzene rings is 3. The molecule has 5 nitrogen and oxygen atoms in total. The third-order valence-electron chi connectivity index (χ3n) is 5.12. The van der Waals surface area contributed by atoms with Crippen LogP contribution in [0.3, 0.4) is 0 Å². The van der Waals surface area contributed by atoms with E-state index >= 15 is 0 Å². The van der Waals surface area contributed by atoms with E-state index in [0.717, 1.165) is 22.2 Å². The minimum Gasteiger partial charge on any atom is -0.492 e. The SMILES string of the molecule is O=C(O)CCc1ccc(OCCn2c(=O)sc3cc(Cc4ccccc4)ccc32)cc1. The van der Waals surface area contributed by atoms with E-state index < -0.39 is 5.97 Å². The molecule has 0 radical (unpaired) electrons. The van der Waals surface area contributed by atoms with Crippen molar-refractivity contribution in [3.8, 4) is 5.75 Å². The number of thiazole rings is 1. The molecular weight excluding hydrogens is 410 g/mol. The van der Waals surface area contributed by atoms with Gasteiger partial charge in [-0.25, -0.2) is 0 Å². The van der Waals surface area contributed by atoms with Gasteiger partial charge in [-0.15, -0.1) is 0 Å². The molecule has 0 bridgehead atoms. The van der Waals surface area contributed by atoms with Crippen LogP contribution in [0.15, 0.2) is 77.6 Å². The number of hydrogen-bond donors (Lipinski definition) is 1. The minimum absolute atomic E-state index is 0.0134. The zero-order chi connectivity index (χ0) is 21.6. The van der Waals surface area contributed by atoms with E-state index in [0.29, 0.717) is 25.3 Å². The van der Waals surface area contributed by atoms with Gasteiger partial charge in [-0.2, -0.15) is 0 Å². The number of aryl methyl sites for hydroxylation is 1. The number of carboxylic acids is 1. The molecule has 0 atom stereocenters. The third kappa shape index (κ3) is 5.41. The normalized spacial score (nSPS) is 11.0. The molecule has 0 aliphatic heterocycles. The van der Waals surface area contributed by atoms with Gasteiger partial charge < -0.3 is 9.84 Å². The second-order valence-electron chi connectivity index (χ2n) is 7.37. The fourth-order valence-electron chi connectivity index (χ4n) is 3.52. The average Bonchev–Trinajstić information content (AvgIpc) is 3.08. The van der Waals surface area contributed by atoms with Gasteiger partial charge in [0.05, 0.1) is 16.8 Å². The van der Waals surface area contributed by atoms with Crippen molar-refractivity contribution in [2.45, 2.75) is 25.8 Å². The summed E-state index contributed by atoms with van der Waals surface area (Å²) in [7, 11) is 0. The Bertz CT molecular complexity index is 1230. The predicted molar refractivity (Wildman–Crippen MR) is 123 cm³/mol. The van der Waals surface area contributed by atoms with Gasteiger partial charge in [0, 0.05) is 6.42 Å². The van der Waals surface area contributed by atoms with Crippen molar-refractivity contribution in [2.75, 3.05) is 6.61 Å². The Balaban J connectivity index is 1.39. The number of hydrogen-bond acceptors (Lipinski definition) is 4. The summed E-state index contributed by atoms with van der Waals surface area (Å²) in [5, 5.41) is 8.76. The average molecular weight is 434 g/mol. The second kappa shape index (κ2) is 9.62. The van der Waals surface area contributed by atoms with Crippen LogP contribution in [0.5, 0.6) is 5.75 Å². The molecule has 31 heavy (non-hydrogen) atoms. The van der Waals surface area contributed by atoms with Crippen molar-refractivity contribution in [1.82, 2.24) is 4.57 Å². The first-order chi connectivity index (χ1) is 15.1. The lowest BCUT2D eigenvalue weighted by Gasteiger charge is -2.08. The number of aliphatic carboxylic acids is 1. The van der Waals surface area contributed by atoms with E-state index in [1.54, 1.807) is 4.57 Å². The van der Waals surface area contributed by atoms with Gasteiger partial charge in [0.15, 0.2) is 0 Å². The molecule has 0 amide bonds. The van der Waals surface area contributed by atoms with E-state index in [2.05, 4.69) is 24.3 Å². The first kappa shape index (κ1) is 20.9. The van der Waals surface area contributed by atoms with Crippen molar-refractivity contribution in [2.24, 2.45) is 0 Å². The van der Waals surface area contributed by atoms with Gasteiger partial charge in [-0.05, 0) is 53.8 Å². The fourth-order valence-corrected chi connectivity index (χ4v) is 4.50. The molecule has 3 aromatic carbocycles. The van der Waals surface area contributed by atoms with Crippen LogP contribution >= 0.6 is 11.3 Å². The molecule has 0 aliphatic rings. The maximum absolute atomic E-state index is 12.5. The molecule has 0 saturated carbocycles. The summed E-state index contributed by atoms with van der Waals surface area (Å²) >= 11 is 1.26. The van der Waals surface area contributed by atoms with E-state index in [9.17, 15) is 9.59 Å². The van der Waals surface area contributed by atoms with Crippen LogP contribution in [0, 0.1) is 0 Å². The number of fused-ring (bicyclic) bond motifs is 1.